The maximum absolute atomic E-state index is 2.80. The first kappa shape index (κ1) is 22.5. The number of allylic oxidation sites excluding steroid dienone is 2. The summed E-state index contributed by atoms with van der Waals surface area (Å²) in [6.45, 7) is 23.9. The summed E-state index contributed by atoms with van der Waals surface area (Å²) in [5.41, 5.74) is 6.59. The fourth-order valence-corrected chi connectivity index (χ4v) is 12.1. The highest BCUT2D eigenvalue weighted by atomic mass is 14.8. The minimum Gasteiger partial charge on any atom is -0.0769 e. The summed E-state index contributed by atoms with van der Waals surface area (Å²) in [6.07, 6.45) is 16.1. The Balaban J connectivity index is 1.59. The van der Waals surface area contributed by atoms with Crippen molar-refractivity contribution in [3.63, 3.8) is 0 Å². The van der Waals surface area contributed by atoms with Crippen LogP contribution in [0.3, 0.4) is 0 Å². The molecular weight excluding hydrogens is 372 g/mol. The van der Waals surface area contributed by atoms with Gasteiger partial charge in [0.05, 0.1) is 0 Å². The highest BCUT2D eigenvalue weighted by Gasteiger charge is 2.73. The van der Waals surface area contributed by atoms with Gasteiger partial charge in [0, 0.05) is 0 Å². The van der Waals surface area contributed by atoms with Gasteiger partial charge >= 0.3 is 0 Å². The molecule has 0 unspecified atom stereocenters. The van der Waals surface area contributed by atoms with Crippen LogP contribution in [0, 0.1) is 50.2 Å². The molecule has 0 amide bonds. The third-order valence-electron chi connectivity index (χ3n) is 14.1. The van der Waals surface area contributed by atoms with E-state index in [1.165, 1.54) is 70.6 Å². The fourth-order valence-electron chi connectivity index (χ4n) is 12.1. The second-order valence-corrected chi connectivity index (χ2v) is 15.1. The Bertz CT molecular complexity index is 797. The summed E-state index contributed by atoms with van der Waals surface area (Å²) >= 11 is 0. The maximum atomic E-state index is 2.80. The van der Waals surface area contributed by atoms with Gasteiger partial charge < -0.3 is 0 Å². The minimum atomic E-state index is 0.485. The summed E-state index contributed by atoms with van der Waals surface area (Å²) in [4.78, 5) is 0. The Labute approximate surface area is 194 Å². The predicted molar refractivity (Wildman–Crippen MR) is 134 cm³/mol. The van der Waals surface area contributed by atoms with Crippen molar-refractivity contribution in [1.29, 1.82) is 0 Å². The van der Waals surface area contributed by atoms with Crippen LogP contribution in [0.2, 0.25) is 0 Å². The van der Waals surface area contributed by atoms with Crippen LogP contribution >= 0.6 is 0 Å². The van der Waals surface area contributed by atoms with E-state index in [1.807, 2.05) is 5.57 Å². The zero-order valence-electron chi connectivity index (χ0n) is 22.5. The molecule has 5 aliphatic rings. The molecule has 0 heterocycles. The number of hydrogen-bond acceptors (Lipinski definition) is 0. The molecule has 5 saturated carbocycles. The predicted octanol–water partition coefficient (Wildman–Crippen LogP) is 9.59. The van der Waals surface area contributed by atoms with Crippen molar-refractivity contribution in [1.82, 2.24) is 0 Å². The largest absolute Gasteiger partial charge is 0.0769 e. The normalized spacial score (nSPS) is 55.6. The van der Waals surface area contributed by atoms with Crippen LogP contribution in [0.15, 0.2) is 11.1 Å². The van der Waals surface area contributed by atoms with E-state index in [2.05, 4.69) is 62.3 Å². The van der Waals surface area contributed by atoms with Gasteiger partial charge in [0.2, 0.25) is 0 Å². The number of fused-ring (bicyclic) bond motifs is 7. The Morgan fingerprint density at radius 3 is 1.94 bits per heavy atom. The van der Waals surface area contributed by atoms with Crippen LogP contribution in [0.25, 0.3) is 0 Å². The maximum Gasteiger partial charge on any atom is -0.0141 e. The molecule has 176 valence electrons. The molecule has 0 aliphatic heterocycles. The van der Waals surface area contributed by atoms with Crippen LogP contribution in [-0.4, -0.2) is 0 Å². The van der Waals surface area contributed by atoms with Crippen LogP contribution in [0.4, 0.5) is 0 Å². The first-order valence-corrected chi connectivity index (χ1v) is 13.9. The lowest BCUT2D eigenvalue weighted by atomic mass is 9.28. The smallest absolute Gasteiger partial charge is 0.0141 e. The van der Waals surface area contributed by atoms with Crippen LogP contribution in [0.1, 0.15) is 133 Å². The van der Waals surface area contributed by atoms with E-state index in [0.29, 0.717) is 32.5 Å². The summed E-state index contributed by atoms with van der Waals surface area (Å²) in [5.74, 6) is 2.73. The molecule has 0 aromatic rings. The van der Waals surface area contributed by atoms with Crippen molar-refractivity contribution in [2.75, 3.05) is 0 Å². The highest BCUT2D eigenvalue weighted by Crippen LogP contribution is 2.81. The summed E-state index contributed by atoms with van der Waals surface area (Å²) in [5, 5.41) is 0. The molecule has 31 heavy (non-hydrogen) atoms. The van der Waals surface area contributed by atoms with E-state index in [4.69, 9.17) is 0 Å². The lowest BCUT2D eigenvalue weighted by Crippen LogP contribution is -2.69. The molecule has 0 nitrogen and oxygen atoms in total. The quantitative estimate of drug-likeness (QED) is 0.339. The van der Waals surface area contributed by atoms with Gasteiger partial charge in [-0.2, -0.15) is 0 Å². The van der Waals surface area contributed by atoms with E-state index in [9.17, 15) is 0 Å². The molecule has 5 rings (SSSR count). The van der Waals surface area contributed by atoms with Gasteiger partial charge in [-0.25, -0.2) is 0 Å². The van der Waals surface area contributed by atoms with E-state index in [-0.39, 0.29) is 0 Å². The Hall–Kier alpha value is -0.260. The summed E-state index contributed by atoms with van der Waals surface area (Å²) in [6, 6.07) is 0. The van der Waals surface area contributed by atoms with Gasteiger partial charge in [-0.3, -0.25) is 0 Å². The average molecular weight is 425 g/mol. The molecule has 0 saturated heterocycles. The Morgan fingerprint density at radius 2 is 1.26 bits per heavy atom. The van der Waals surface area contributed by atoms with Crippen molar-refractivity contribution in [3.05, 3.63) is 11.1 Å². The van der Waals surface area contributed by atoms with Crippen molar-refractivity contribution in [2.45, 2.75) is 133 Å². The molecule has 0 heteroatoms. The zero-order chi connectivity index (χ0) is 22.7. The first-order chi connectivity index (χ1) is 14.3. The summed E-state index contributed by atoms with van der Waals surface area (Å²) in [7, 11) is 0. The SMILES string of the molecule is CC(C)=C1CC[C@@]2(C)[C@H]1CC[C@]1(C)[C@]2(C)CC[C@H]2[C@@]3(C)CCCC(C)(C)[C@@H]3CC[C@]21C. The lowest BCUT2D eigenvalue weighted by Gasteiger charge is -2.76. The second-order valence-electron chi connectivity index (χ2n) is 15.1. The number of hydrogen-bond donors (Lipinski definition) is 0. The molecule has 5 fully saturated rings. The molecule has 5 aliphatic carbocycles. The molecule has 0 N–H and O–H groups in total. The average Bonchev–Trinajstić information content (AvgIpc) is 3.02. The van der Waals surface area contributed by atoms with E-state index < -0.39 is 0 Å². The standard InChI is InChI=1S/C31H52/c1-21(2)22-11-17-28(6)23(22)12-19-31(9)29(7)18-13-24-26(3,4)15-10-16-27(24,5)25(29)14-20-30(28,31)8/h23-25H,10-20H2,1-9H3/t23-,24-,25-,27-,28-,29+,30+,31-/m0/s1. The van der Waals surface area contributed by atoms with Gasteiger partial charge in [0.1, 0.15) is 0 Å². The van der Waals surface area contributed by atoms with Gasteiger partial charge in [-0.1, -0.05) is 66.0 Å². The van der Waals surface area contributed by atoms with Crippen LogP contribution in [0.5, 0.6) is 0 Å². The minimum absolute atomic E-state index is 0.485. The molecule has 0 bridgehead atoms. The van der Waals surface area contributed by atoms with Gasteiger partial charge in [0.15, 0.2) is 0 Å². The zero-order valence-corrected chi connectivity index (χ0v) is 22.5. The third-order valence-corrected chi connectivity index (χ3v) is 14.1. The Morgan fingerprint density at radius 1 is 0.645 bits per heavy atom. The molecule has 0 aromatic heterocycles. The van der Waals surface area contributed by atoms with Gasteiger partial charge in [-0.15, -0.1) is 0 Å². The lowest BCUT2D eigenvalue weighted by molar-refractivity contribution is -0.275. The fraction of sp³-hybridized carbons (Fsp3) is 0.935. The number of rotatable bonds is 0. The van der Waals surface area contributed by atoms with Crippen molar-refractivity contribution in [3.8, 4) is 0 Å². The van der Waals surface area contributed by atoms with E-state index in [1.54, 1.807) is 5.57 Å². The van der Waals surface area contributed by atoms with Crippen molar-refractivity contribution >= 4 is 0 Å². The molecule has 8 atom stereocenters. The first-order valence-electron chi connectivity index (χ1n) is 13.9. The third kappa shape index (κ3) is 2.45. The molecule has 0 spiro atoms. The van der Waals surface area contributed by atoms with Crippen LogP contribution in [-0.2, 0) is 0 Å². The molecular formula is C31H52. The van der Waals surface area contributed by atoms with Crippen molar-refractivity contribution < 1.29 is 0 Å². The second kappa shape index (κ2) is 6.44. The van der Waals surface area contributed by atoms with E-state index >= 15 is 0 Å². The van der Waals surface area contributed by atoms with Crippen LogP contribution < -0.4 is 0 Å². The topological polar surface area (TPSA) is 0 Å². The summed E-state index contributed by atoms with van der Waals surface area (Å²) < 4.78 is 0. The monoisotopic (exact) mass is 424 g/mol. The highest BCUT2D eigenvalue weighted by molar-refractivity contribution is 5.30. The Kier molecular flexibility index (Phi) is 4.68. The van der Waals surface area contributed by atoms with E-state index in [0.717, 1.165) is 17.8 Å². The van der Waals surface area contributed by atoms with Crippen molar-refractivity contribution in [2.24, 2.45) is 50.2 Å². The molecule has 0 radical (unpaired) electrons. The van der Waals surface area contributed by atoms with Gasteiger partial charge in [0.25, 0.3) is 0 Å². The molecule has 0 aromatic carbocycles. The van der Waals surface area contributed by atoms with Gasteiger partial charge in [-0.05, 0) is 128 Å².